The van der Waals surface area contributed by atoms with Gasteiger partial charge in [0.25, 0.3) is 0 Å². The number of aldehydes is 1. The van der Waals surface area contributed by atoms with E-state index < -0.39 is 23.9 Å². The first-order valence-corrected chi connectivity index (χ1v) is 8.40. The van der Waals surface area contributed by atoms with E-state index in [4.69, 9.17) is 0 Å². The highest BCUT2D eigenvalue weighted by molar-refractivity contribution is 7.99. The number of hydrogen-bond acceptors (Lipinski definition) is 3. The minimum absolute atomic E-state index is 0.238. The van der Waals surface area contributed by atoms with E-state index in [1.807, 2.05) is 5.32 Å². The first kappa shape index (κ1) is 20.0. The molecule has 1 atom stereocenters. The molecule has 2 rings (SSSR count). The zero-order valence-electron chi connectivity index (χ0n) is 13.6. The van der Waals surface area contributed by atoms with Crippen LogP contribution in [0.4, 0.5) is 17.6 Å². The monoisotopic (exact) mass is 385 g/mol. The molecule has 8 heteroatoms. The van der Waals surface area contributed by atoms with Gasteiger partial charge in [-0.3, -0.25) is 9.59 Å². The highest BCUT2D eigenvalue weighted by Gasteiger charge is 2.39. The second kappa shape index (κ2) is 8.35. The van der Waals surface area contributed by atoms with Gasteiger partial charge < -0.3 is 5.32 Å². The summed E-state index contributed by atoms with van der Waals surface area (Å²) < 4.78 is 49.8. The van der Waals surface area contributed by atoms with Gasteiger partial charge >= 0.3 is 12.1 Å². The van der Waals surface area contributed by atoms with Gasteiger partial charge in [-0.2, -0.15) is 13.2 Å². The molecule has 0 aromatic heterocycles. The van der Waals surface area contributed by atoms with Crippen molar-refractivity contribution in [2.24, 2.45) is 0 Å². The Hall–Kier alpha value is -2.35. The van der Waals surface area contributed by atoms with Gasteiger partial charge in [-0.05, 0) is 49.2 Å². The lowest BCUT2D eigenvalue weighted by Crippen LogP contribution is -2.42. The number of amides is 1. The van der Waals surface area contributed by atoms with Crippen molar-refractivity contribution >= 4 is 24.0 Å². The highest BCUT2D eigenvalue weighted by Crippen LogP contribution is 2.30. The predicted octanol–water partition coefficient (Wildman–Crippen LogP) is 4.40. The molecule has 26 heavy (non-hydrogen) atoms. The van der Waals surface area contributed by atoms with Crippen LogP contribution in [0.25, 0.3) is 0 Å². The van der Waals surface area contributed by atoms with Crippen molar-refractivity contribution in [1.29, 1.82) is 0 Å². The molecule has 0 saturated carbocycles. The van der Waals surface area contributed by atoms with Crippen LogP contribution < -0.4 is 5.32 Å². The average molecular weight is 385 g/mol. The molecular formula is C18H15F4NO2S. The van der Waals surface area contributed by atoms with E-state index in [0.717, 1.165) is 16.5 Å². The normalized spacial score (nSPS) is 12.5. The molecule has 1 N–H and O–H groups in total. The Morgan fingerprint density at radius 2 is 1.85 bits per heavy atom. The third kappa shape index (κ3) is 5.59. The summed E-state index contributed by atoms with van der Waals surface area (Å²) in [5, 5.41) is 1.90. The number of alkyl halides is 3. The average Bonchev–Trinajstić information content (AvgIpc) is 2.57. The molecule has 3 nitrogen and oxygen atoms in total. The molecule has 2 aromatic carbocycles. The van der Waals surface area contributed by atoms with Crippen molar-refractivity contribution in [3.05, 3.63) is 59.4 Å². The fourth-order valence-electron chi connectivity index (χ4n) is 2.24. The SMILES string of the molecule is CC(Cc1ccc(Sc2ccc(F)cc2C=O)cc1)NC(=O)C(F)(F)F. The number of halogens is 4. The maximum Gasteiger partial charge on any atom is 0.471 e. The first-order valence-electron chi connectivity index (χ1n) is 7.58. The van der Waals surface area contributed by atoms with E-state index in [-0.39, 0.29) is 12.0 Å². The molecule has 0 aliphatic heterocycles. The van der Waals surface area contributed by atoms with Crippen LogP contribution >= 0.6 is 11.8 Å². The number of nitrogens with one attached hydrogen (secondary N) is 1. The van der Waals surface area contributed by atoms with Gasteiger partial charge in [-0.15, -0.1) is 0 Å². The Labute approximate surface area is 151 Å². The molecule has 0 aliphatic carbocycles. The maximum atomic E-state index is 13.1. The summed E-state index contributed by atoms with van der Waals surface area (Å²) in [4.78, 5) is 23.3. The number of rotatable bonds is 6. The Morgan fingerprint density at radius 3 is 2.42 bits per heavy atom. The number of carbonyl (C=O) groups is 2. The molecule has 0 heterocycles. The number of carbonyl (C=O) groups excluding carboxylic acids is 2. The lowest BCUT2D eigenvalue weighted by atomic mass is 10.1. The summed E-state index contributed by atoms with van der Waals surface area (Å²) >= 11 is 1.27. The van der Waals surface area contributed by atoms with E-state index in [2.05, 4.69) is 0 Å². The standard InChI is InChI=1S/C18H15F4NO2S/c1-11(23-17(25)18(20,21)22)8-12-2-5-15(6-3-12)26-16-7-4-14(19)9-13(16)10-24/h2-7,9-11H,8H2,1H3,(H,23,25). The zero-order chi connectivity index (χ0) is 19.3. The van der Waals surface area contributed by atoms with E-state index >= 15 is 0 Å². The summed E-state index contributed by atoms with van der Waals surface area (Å²) in [6.07, 6.45) is -4.09. The second-order valence-electron chi connectivity index (χ2n) is 5.62. The van der Waals surface area contributed by atoms with Crippen LogP contribution in [0.15, 0.2) is 52.3 Å². The lowest BCUT2D eigenvalue weighted by molar-refractivity contribution is -0.174. The minimum atomic E-state index is -4.90. The first-order chi connectivity index (χ1) is 12.2. The quantitative estimate of drug-likeness (QED) is 0.592. The van der Waals surface area contributed by atoms with Crippen LogP contribution in [-0.4, -0.2) is 24.4 Å². The maximum absolute atomic E-state index is 13.1. The largest absolute Gasteiger partial charge is 0.471 e. The number of hydrogen-bond donors (Lipinski definition) is 1. The van der Waals surface area contributed by atoms with E-state index in [1.165, 1.54) is 30.8 Å². The highest BCUT2D eigenvalue weighted by atomic mass is 32.2. The Morgan fingerprint density at radius 1 is 1.19 bits per heavy atom. The zero-order valence-corrected chi connectivity index (χ0v) is 14.5. The third-order valence-corrected chi connectivity index (χ3v) is 4.53. The smallest absolute Gasteiger partial charge is 0.345 e. The van der Waals surface area contributed by atoms with Gasteiger partial charge in [0.1, 0.15) is 5.82 Å². The van der Waals surface area contributed by atoms with Gasteiger partial charge in [0.15, 0.2) is 6.29 Å². The van der Waals surface area contributed by atoms with Crippen LogP contribution in [-0.2, 0) is 11.2 Å². The molecule has 0 saturated heterocycles. The van der Waals surface area contributed by atoms with Crippen molar-refractivity contribution in [2.75, 3.05) is 0 Å². The summed E-state index contributed by atoms with van der Waals surface area (Å²) in [5.41, 5.74) is 0.988. The fraction of sp³-hybridized carbons (Fsp3) is 0.222. The van der Waals surface area contributed by atoms with Crippen LogP contribution in [0.5, 0.6) is 0 Å². The summed E-state index contributed by atoms with van der Waals surface area (Å²) in [6, 6.07) is 10.2. The molecule has 1 unspecified atom stereocenters. The Bertz CT molecular complexity index is 791. The van der Waals surface area contributed by atoms with Gasteiger partial charge in [0, 0.05) is 21.4 Å². The summed E-state index contributed by atoms with van der Waals surface area (Å²) in [7, 11) is 0. The van der Waals surface area contributed by atoms with Crippen LogP contribution in [0.3, 0.4) is 0 Å². The molecule has 138 valence electrons. The van der Waals surface area contributed by atoms with Crippen LogP contribution in [0.1, 0.15) is 22.8 Å². The van der Waals surface area contributed by atoms with E-state index in [1.54, 1.807) is 24.3 Å². The van der Waals surface area contributed by atoms with Crippen molar-refractivity contribution in [1.82, 2.24) is 5.32 Å². The molecule has 0 fully saturated rings. The molecule has 1 amide bonds. The molecular weight excluding hydrogens is 370 g/mol. The topological polar surface area (TPSA) is 46.2 Å². The molecule has 0 aliphatic rings. The molecule has 0 bridgehead atoms. The van der Waals surface area contributed by atoms with Crippen molar-refractivity contribution in [2.45, 2.75) is 35.4 Å². The van der Waals surface area contributed by atoms with Crippen molar-refractivity contribution in [3.63, 3.8) is 0 Å². The van der Waals surface area contributed by atoms with Gasteiger partial charge in [-0.1, -0.05) is 23.9 Å². The van der Waals surface area contributed by atoms with Crippen molar-refractivity contribution < 1.29 is 27.2 Å². The Balaban J connectivity index is 2.00. The van der Waals surface area contributed by atoms with Crippen molar-refractivity contribution in [3.8, 4) is 0 Å². The summed E-state index contributed by atoms with van der Waals surface area (Å²) in [6.45, 7) is 1.49. The number of benzene rings is 2. The van der Waals surface area contributed by atoms with E-state index in [9.17, 15) is 27.2 Å². The van der Waals surface area contributed by atoms with Crippen LogP contribution in [0.2, 0.25) is 0 Å². The summed E-state index contributed by atoms with van der Waals surface area (Å²) in [5.74, 6) is -2.46. The lowest BCUT2D eigenvalue weighted by Gasteiger charge is -2.15. The molecule has 2 aromatic rings. The van der Waals surface area contributed by atoms with E-state index in [0.29, 0.717) is 11.2 Å². The van der Waals surface area contributed by atoms with Crippen LogP contribution in [0, 0.1) is 5.82 Å². The predicted molar refractivity (Wildman–Crippen MR) is 89.7 cm³/mol. The van der Waals surface area contributed by atoms with Gasteiger partial charge in [0.05, 0.1) is 0 Å². The molecule has 0 radical (unpaired) electrons. The minimum Gasteiger partial charge on any atom is -0.345 e. The van der Waals surface area contributed by atoms with Gasteiger partial charge in [-0.25, -0.2) is 4.39 Å². The molecule has 0 spiro atoms. The Kier molecular flexibility index (Phi) is 6.42. The third-order valence-electron chi connectivity index (χ3n) is 3.43. The second-order valence-corrected chi connectivity index (χ2v) is 6.74. The van der Waals surface area contributed by atoms with Gasteiger partial charge in [0.2, 0.25) is 0 Å². The fourth-order valence-corrected chi connectivity index (χ4v) is 3.12.